The average Bonchev–Trinajstić information content (AvgIpc) is 2.56. The summed E-state index contributed by atoms with van der Waals surface area (Å²) in [4.78, 5) is 24.0. The molecule has 0 bridgehead atoms. The lowest BCUT2D eigenvalue weighted by molar-refractivity contribution is -0.141. The fourth-order valence-corrected chi connectivity index (χ4v) is 1.60. The molecule has 1 atom stereocenters. The largest absolute Gasteiger partial charge is 0.481 e. The number of amides is 1. The van der Waals surface area contributed by atoms with Crippen molar-refractivity contribution >= 4 is 11.9 Å². The van der Waals surface area contributed by atoms with Gasteiger partial charge in [0.25, 0.3) is 5.91 Å². The number of hydrogen-bond acceptors (Lipinski definition) is 3. The van der Waals surface area contributed by atoms with E-state index in [1.165, 1.54) is 4.90 Å². The quantitative estimate of drug-likeness (QED) is 0.867. The van der Waals surface area contributed by atoms with E-state index < -0.39 is 11.9 Å². The van der Waals surface area contributed by atoms with Gasteiger partial charge in [-0.05, 0) is 19.9 Å². The van der Waals surface area contributed by atoms with Gasteiger partial charge in [-0.2, -0.15) is 0 Å². The number of furan rings is 1. The summed E-state index contributed by atoms with van der Waals surface area (Å²) in [6.45, 7) is 5.28. The molecule has 1 unspecified atom stereocenters. The van der Waals surface area contributed by atoms with E-state index in [1.807, 2.05) is 0 Å². The molecule has 0 aliphatic carbocycles. The third-order valence-corrected chi connectivity index (χ3v) is 2.55. The summed E-state index contributed by atoms with van der Waals surface area (Å²) in [6, 6.07) is 1.78. The number of carboxylic acid groups (broad SMARTS) is 1. The molecular weight excluding hydrogens is 222 g/mol. The van der Waals surface area contributed by atoms with Gasteiger partial charge in [0.2, 0.25) is 0 Å². The molecule has 0 radical (unpaired) electrons. The molecule has 0 aliphatic heterocycles. The Bertz CT molecular complexity index is 436. The van der Waals surface area contributed by atoms with E-state index in [2.05, 4.69) is 0 Å². The van der Waals surface area contributed by atoms with Crippen molar-refractivity contribution in [3.05, 3.63) is 23.2 Å². The molecule has 1 amide bonds. The highest BCUT2D eigenvalue weighted by atomic mass is 16.4. The van der Waals surface area contributed by atoms with E-state index in [0.29, 0.717) is 5.76 Å². The predicted molar refractivity (Wildman–Crippen MR) is 61.9 cm³/mol. The summed E-state index contributed by atoms with van der Waals surface area (Å²) in [5, 5.41) is 8.78. The first-order valence-electron chi connectivity index (χ1n) is 5.38. The highest BCUT2D eigenvalue weighted by Crippen LogP contribution is 2.16. The first-order chi connectivity index (χ1) is 7.82. The van der Waals surface area contributed by atoms with Crippen molar-refractivity contribution in [2.75, 3.05) is 13.6 Å². The van der Waals surface area contributed by atoms with Crippen LogP contribution in [0, 0.1) is 19.8 Å². The van der Waals surface area contributed by atoms with E-state index >= 15 is 0 Å². The molecule has 0 aliphatic rings. The standard InChI is InChI=1S/C12H17NO4/c1-7-5-9(3)17-10(7)11(14)13(4)6-8(2)12(15)16/h5,8H,6H2,1-4H3,(H,15,16). The van der Waals surface area contributed by atoms with Gasteiger partial charge in [-0.15, -0.1) is 0 Å². The number of carbonyl (C=O) groups is 2. The molecule has 5 nitrogen and oxygen atoms in total. The maximum atomic E-state index is 12.0. The SMILES string of the molecule is Cc1cc(C)c(C(=O)N(C)CC(C)C(=O)O)o1. The van der Waals surface area contributed by atoms with Crippen LogP contribution >= 0.6 is 0 Å². The van der Waals surface area contributed by atoms with Crippen LogP contribution in [0.25, 0.3) is 0 Å². The number of hydrogen-bond donors (Lipinski definition) is 1. The van der Waals surface area contributed by atoms with Crippen molar-refractivity contribution in [2.24, 2.45) is 5.92 Å². The third kappa shape index (κ3) is 3.09. The monoisotopic (exact) mass is 239 g/mol. The molecule has 0 fully saturated rings. The zero-order valence-corrected chi connectivity index (χ0v) is 10.5. The van der Waals surface area contributed by atoms with Gasteiger partial charge >= 0.3 is 5.97 Å². The number of aryl methyl sites for hydroxylation is 2. The summed E-state index contributed by atoms with van der Waals surface area (Å²) >= 11 is 0. The van der Waals surface area contributed by atoms with Gasteiger partial charge < -0.3 is 14.4 Å². The Labute approximate surface area is 100 Å². The summed E-state index contributed by atoms with van der Waals surface area (Å²) in [7, 11) is 1.57. The Hall–Kier alpha value is -1.78. The Balaban J connectivity index is 2.77. The van der Waals surface area contributed by atoms with E-state index in [9.17, 15) is 9.59 Å². The van der Waals surface area contributed by atoms with Crippen LogP contribution in [-0.4, -0.2) is 35.5 Å². The fraction of sp³-hybridized carbons (Fsp3) is 0.500. The molecule has 94 valence electrons. The smallest absolute Gasteiger partial charge is 0.308 e. The lowest BCUT2D eigenvalue weighted by Crippen LogP contribution is -2.33. The van der Waals surface area contributed by atoms with Crippen LogP contribution in [0.3, 0.4) is 0 Å². The van der Waals surface area contributed by atoms with Gasteiger partial charge in [-0.25, -0.2) is 0 Å². The molecule has 1 heterocycles. The molecule has 5 heteroatoms. The van der Waals surface area contributed by atoms with Crippen LogP contribution in [0.1, 0.15) is 28.8 Å². The van der Waals surface area contributed by atoms with Crippen LogP contribution < -0.4 is 0 Å². The maximum Gasteiger partial charge on any atom is 0.308 e. The molecule has 1 rings (SSSR count). The molecule has 0 saturated carbocycles. The minimum absolute atomic E-state index is 0.160. The minimum atomic E-state index is -0.919. The zero-order chi connectivity index (χ0) is 13.2. The van der Waals surface area contributed by atoms with Crippen LogP contribution in [0.5, 0.6) is 0 Å². The number of carboxylic acids is 1. The lowest BCUT2D eigenvalue weighted by Gasteiger charge is -2.18. The molecule has 0 aromatic carbocycles. The van der Waals surface area contributed by atoms with Crippen molar-refractivity contribution in [3.63, 3.8) is 0 Å². The Morgan fingerprint density at radius 2 is 2.06 bits per heavy atom. The Kier molecular flexibility index (Phi) is 3.93. The molecule has 0 spiro atoms. The molecule has 1 N–H and O–H groups in total. The second kappa shape index (κ2) is 5.03. The minimum Gasteiger partial charge on any atom is -0.481 e. The zero-order valence-electron chi connectivity index (χ0n) is 10.5. The van der Waals surface area contributed by atoms with Crippen molar-refractivity contribution in [2.45, 2.75) is 20.8 Å². The van der Waals surface area contributed by atoms with Gasteiger partial charge in [-0.1, -0.05) is 6.92 Å². The van der Waals surface area contributed by atoms with Gasteiger partial charge in [-0.3, -0.25) is 9.59 Å². The molecule has 17 heavy (non-hydrogen) atoms. The average molecular weight is 239 g/mol. The Morgan fingerprint density at radius 3 is 2.47 bits per heavy atom. The number of rotatable bonds is 4. The van der Waals surface area contributed by atoms with Crippen LogP contribution in [0.15, 0.2) is 10.5 Å². The highest BCUT2D eigenvalue weighted by Gasteiger charge is 2.22. The molecule has 1 aromatic rings. The van der Waals surface area contributed by atoms with E-state index in [-0.39, 0.29) is 18.2 Å². The van der Waals surface area contributed by atoms with Gasteiger partial charge in [0.05, 0.1) is 5.92 Å². The highest BCUT2D eigenvalue weighted by molar-refractivity contribution is 5.93. The molecule has 0 saturated heterocycles. The first kappa shape index (κ1) is 13.3. The van der Waals surface area contributed by atoms with Gasteiger partial charge in [0, 0.05) is 19.2 Å². The normalized spacial score (nSPS) is 12.2. The third-order valence-electron chi connectivity index (χ3n) is 2.55. The summed E-state index contributed by atoms with van der Waals surface area (Å²) < 4.78 is 5.30. The number of carbonyl (C=O) groups excluding carboxylic acids is 1. The first-order valence-corrected chi connectivity index (χ1v) is 5.38. The fourth-order valence-electron chi connectivity index (χ4n) is 1.60. The Morgan fingerprint density at radius 1 is 1.47 bits per heavy atom. The van der Waals surface area contributed by atoms with Crippen molar-refractivity contribution in [1.82, 2.24) is 4.90 Å². The maximum absolute atomic E-state index is 12.0. The number of nitrogens with zero attached hydrogens (tertiary/aromatic N) is 1. The van der Waals surface area contributed by atoms with Crippen molar-refractivity contribution in [1.29, 1.82) is 0 Å². The summed E-state index contributed by atoms with van der Waals surface area (Å²) in [5.41, 5.74) is 0.766. The second-order valence-electron chi connectivity index (χ2n) is 4.29. The van der Waals surface area contributed by atoms with Crippen molar-refractivity contribution in [3.8, 4) is 0 Å². The summed E-state index contributed by atoms with van der Waals surface area (Å²) in [5.74, 6) is -0.853. The summed E-state index contributed by atoms with van der Waals surface area (Å²) in [6.07, 6.45) is 0. The van der Waals surface area contributed by atoms with E-state index in [1.54, 1.807) is 33.9 Å². The van der Waals surface area contributed by atoms with E-state index in [0.717, 1.165) is 5.56 Å². The van der Waals surface area contributed by atoms with Crippen LogP contribution in [0.4, 0.5) is 0 Å². The van der Waals surface area contributed by atoms with Crippen LogP contribution in [-0.2, 0) is 4.79 Å². The van der Waals surface area contributed by atoms with E-state index in [4.69, 9.17) is 9.52 Å². The van der Waals surface area contributed by atoms with Gasteiger partial charge in [0.15, 0.2) is 5.76 Å². The molecule has 1 aromatic heterocycles. The van der Waals surface area contributed by atoms with Gasteiger partial charge in [0.1, 0.15) is 5.76 Å². The second-order valence-corrected chi connectivity index (χ2v) is 4.29. The number of aliphatic carboxylic acids is 1. The topological polar surface area (TPSA) is 70.8 Å². The van der Waals surface area contributed by atoms with Crippen LogP contribution in [0.2, 0.25) is 0 Å². The predicted octanol–water partition coefficient (Wildman–Crippen LogP) is 1.69. The van der Waals surface area contributed by atoms with Crippen molar-refractivity contribution < 1.29 is 19.1 Å². The lowest BCUT2D eigenvalue weighted by atomic mass is 10.1. The molecular formula is C12H17NO4.